The Kier molecular flexibility index (Phi) is 6.21. The van der Waals surface area contributed by atoms with Crippen LogP contribution in [0.4, 0.5) is 20.6 Å². The van der Waals surface area contributed by atoms with Gasteiger partial charge < -0.3 is 25.4 Å². The van der Waals surface area contributed by atoms with E-state index in [9.17, 15) is 18.8 Å². The first-order chi connectivity index (χ1) is 13.8. The lowest BCUT2D eigenvalue weighted by atomic mass is 10.1. The maximum atomic E-state index is 14.8. The molecule has 3 rings (SSSR count). The Labute approximate surface area is 167 Å². The van der Waals surface area contributed by atoms with Crippen LogP contribution in [0.15, 0.2) is 18.2 Å². The van der Waals surface area contributed by atoms with Gasteiger partial charge in [0.15, 0.2) is 0 Å². The van der Waals surface area contributed by atoms with Crippen molar-refractivity contribution >= 4 is 29.3 Å². The third-order valence-corrected chi connectivity index (χ3v) is 5.14. The quantitative estimate of drug-likeness (QED) is 0.621. The normalized spacial score (nSPS) is 23.9. The van der Waals surface area contributed by atoms with Gasteiger partial charge >= 0.3 is 6.09 Å². The minimum Gasteiger partial charge on any atom is -0.442 e. The smallest absolute Gasteiger partial charge is 0.414 e. The van der Waals surface area contributed by atoms with Crippen LogP contribution in [0.3, 0.4) is 0 Å². The van der Waals surface area contributed by atoms with E-state index in [1.54, 1.807) is 12.1 Å². The summed E-state index contributed by atoms with van der Waals surface area (Å²) in [4.78, 5) is 37.7. The van der Waals surface area contributed by atoms with E-state index >= 15 is 0 Å². The van der Waals surface area contributed by atoms with E-state index in [2.05, 4.69) is 10.6 Å². The van der Waals surface area contributed by atoms with Gasteiger partial charge in [0.25, 0.3) is 0 Å². The average Bonchev–Trinajstić information content (AvgIpc) is 3.22. The number of hydrogen-bond acceptors (Lipinski definition) is 6. The molecule has 9 nitrogen and oxygen atoms in total. The molecular formula is C19H25FN4O5. The SMILES string of the molecule is CC(=O)NCC1CN(c2ccc(N3CC(C)C(NC(=O)CO)C3)c(F)c2)C(=O)O1. The number of aliphatic hydroxyl groups excluding tert-OH is 1. The lowest BCUT2D eigenvalue weighted by molar-refractivity contribution is -0.124. The fourth-order valence-corrected chi connectivity index (χ4v) is 3.62. The van der Waals surface area contributed by atoms with Gasteiger partial charge in [0.05, 0.1) is 30.5 Å². The van der Waals surface area contributed by atoms with Crippen LogP contribution in [0.1, 0.15) is 13.8 Å². The second kappa shape index (κ2) is 8.64. The maximum absolute atomic E-state index is 14.8. The number of rotatable bonds is 6. The molecule has 2 heterocycles. The molecule has 0 spiro atoms. The van der Waals surface area contributed by atoms with Crippen LogP contribution in [0.5, 0.6) is 0 Å². The zero-order valence-electron chi connectivity index (χ0n) is 16.4. The molecule has 1 aromatic rings. The second-order valence-corrected chi connectivity index (χ2v) is 7.40. The van der Waals surface area contributed by atoms with Gasteiger partial charge in [-0.3, -0.25) is 14.5 Å². The monoisotopic (exact) mass is 408 g/mol. The Morgan fingerprint density at radius 1 is 1.31 bits per heavy atom. The van der Waals surface area contributed by atoms with Crippen molar-refractivity contribution in [3.63, 3.8) is 0 Å². The lowest BCUT2D eigenvalue weighted by Crippen LogP contribution is -2.41. The molecule has 3 amide bonds. The maximum Gasteiger partial charge on any atom is 0.414 e. The Balaban J connectivity index is 1.67. The molecule has 3 atom stereocenters. The molecule has 2 aliphatic rings. The highest BCUT2D eigenvalue weighted by atomic mass is 19.1. The summed E-state index contributed by atoms with van der Waals surface area (Å²) in [7, 11) is 0. The number of ether oxygens (including phenoxy) is 1. The van der Waals surface area contributed by atoms with E-state index < -0.39 is 30.5 Å². The first-order valence-corrected chi connectivity index (χ1v) is 9.45. The number of carbonyl (C=O) groups is 3. The van der Waals surface area contributed by atoms with Crippen LogP contribution in [-0.2, 0) is 14.3 Å². The van der Waals surface area contributed by atoms with Gasteiger partial charge in [0, 0.05) is 20.0 Å². The third kappa shape index (κ3) is 4.76. The van der Waals surface area contributed by atoms with Gasteiger partial charge in [0.2, 0.25) is 11.8 Å². The fourth-order valence-electron chi connectivity index (χ4n) is 3.62. The summed E-state index contributed by atoms with van der Waals surface area (Å²) in [6, 6.07) is 4.34. The van der Waals surface area contributed by atoms with Gasteiger partial charge in [0.1, 0.15) is 18.5 Å². The number of aliphatic hydroxyl groups is 1. The lowest BCUT2D eigenvalue weighted by Gasteiger charge is -2.21. The summed E-state index contributed by atoms with van der Waals surface area (Å²) in [5.41, 5.74) is 0.752. The number of hydrogen-bond donors (Lipinski definition) is 3. The molecule has 0 bridgehead atoms. The van der Waals surface area contributed by atoms with Crippen LogP contribution in [-0.4, -0.2) is 67.9 Å². The summed E-state index contributed by atoms with van der Waals surface area (Å²) in [6.45, 7) is 4.14. The summed E-state index contributed by atoms with van der Waals surface area (Å²) in [6.07, 6.45) is -1.08. The van der Waals surface area contributed by atoms with E-state index in [1.165, 1.54) is 17.9 Å². The molecule has 10 heteroatoms. The molecule has 1 aromatic carbocycles. The van der Waals surface area contributed by atoms with E-state index in [0.29, 0.717) is 24.5 Å². The van der Waals surface area contributed by atoms with E-state index in [1.807, 2.05) is 11.8 Å². The van der Waals surface area contributed by atoms with Crippen molar-refractivity contribution in [3.8, 4) is 0 Å². The van der Waals surface area contributed by atoms with E-state index in [-0.39, 0.29) is 31.0 Å². The van der Waals surface area contributed by atoms with E-state index in [0.717, 1.165) is 0 Å². The van der Waals surface area contributed by atoms with Crippen molar-refractivity contribution in [2.75, 3.05) is 42.6 Å². The summed E-state index contributed by atoms with van der Waals surface area (Å²) in [5, 5.41) is 14.2. The van der Waals surface area contributed by atoms with Crippen molar-refractivity contribution in [3.05, 3.63) is 24.0 Å². The number of anilines is 2. The van der Waals surface area contributed by atoms with Crippen molar-refractivity contribution in [2.45, 2.75) is 26.0 Å². The second-order valence-electron chi connectivity index (χ2n) is 7.40. The standard InChI is InChI=1S/C19H25FN4O5/c1-11-7-23(9-16(11)22-18(27)10-25)17-4-3-13(5-15(17)20)24-8-14(29-19(24)28)6-21-12(2)26/h3-5,11,14,16,25H,6-10H2,1-2H3,(H,21,26)(H,22,27). The molecule has 0 radical (unpaired) electrons. The fraction of sp³-hybridized carbons (Fsp3) is 0.526. The average molecular weight is 408 g/mol. The third-order valence-electron chi connectivity index (χ3n) is 5.14. The zero-order chi connectivity index (χ0) is 21.1. The number of nitrogens with one attached hydrogen (secondary N) is 2. The van der Waals surface area contributed by atoms with Crippen LogP contribution in [0.2, 0.25) is 0 Å². The Morgan fingerprint density at radius 3 is 2.72 bits per heavy atom. The summed E-state index contributed by atoms with van der Waals surface area (Å²) in [5.74, 6) is -1.07. The molecule has 2 fully saturated rings. The number of halogens is 1. The topological polar surface area (TPSA) is 111 Å². The molecule has 2 saturated heterocycles. The zero-order valence-corrected chi connectivity index (χ0v) is 16.4. The molecule has 0 aromatic heterocycles. The number of cyclic esters (lactones) is 1. The van der Waals surface area contributed by atoms with Crippen molar-refractivity contribution < 1.29 is 28.6 Å². The molecule has 0 aliphatic carbocycles. The van der Waals surface area contributed by atoms with Gasteiger partial charge in [-0.25, -0.2) is 9.18 Å². The Morgan fingerprint density at radius 2 is 2.07 bits per heavy atom. The molecule has 0 saturated carbocycles. The number of benzene rings is 1. The Bertz CT molecular complexity index is 805. The van der Waals surface area contributed by atoms with Crippen molar-refractivity contribution in [1.82, 2.24) is 10.6 Å². The van der Waals surface area contributed by atoms with Gasteiger partial charge in [-0.05, 0) is 24.1 Å². The molecule has 158 valence electrons. The van der Waals surface area contributed by atoms with Crippen molar-refractivity contribution in [2.24, 2.45) is 5.92 Å². The summed E-state index contributed by atoms with van der Waals surface area (Å²) >= 11 is 0. The summed E-state index contributed by atoms with van der Waals surface area (Å²) < 4.78 is 20.0. The molecule has 29 heavy (non-hydrogen) atoms. The largest absolute Gasteiger partial charge is 0.442 e. The molecule has 2 aliphatic heterocycles. The highest BCUT2D eigenvalue weighted by molar-refractivity contribution is 5.90. The first-order valence-electron chi connectivity index (χ1n) is 9.45. The minimum atomic E-state index is -0.589. The first kappa shape index (κ1) is 20.8. The van der Waals surface area contributed by atoms with Crippen molar-refractivity contribution in [1.29, 1.82) is 0 Å². The van der Waals surface area contributed by atoms with Crippen LogP contribution in [0.25, 0.3) is 0 Å². The van der Waals surface area contributed by atoms with Gasteiger partial charge in [-0.1, -0.05) is 6.92 Å². The highest BCUT2D eigenvalue weighted by Crippen LogP contribution is 2.31. The Hall–Kier alpha value is -2.88. The van der Waals surface area contributed by atoms with Crippen LogP contribution >= 0.6 is 0 Å². The van der Waals surface area contributed by atoms with Crippen LogP contribution in [0, 0.1) is 11.7 Å². The predicted molar refractivity (Wildman–Crippen MR) is 103 cm³/mol. The van der Waals surface area contributed by atoms with Gasteiger partial charge in [-0.2, -0.15) is 0 Å². The number of amides is 3. The van der Waals surface area contributed by atoms with Crippen LogP contribution < -0.4 is 20.4 Å². The van der Waals surface area contributed by atoms with E-state index in [4.69, 9.17) is 9.84 Å². The molecular weight excluding hydrogens is 383 g/mol. The minimum absolute atomic E-state index is 0.0904. The molecule has 3 unspecified atom stereocenters. The van der Waals surface area contributed by atoms with Gasteiger partial charge in [-0.15, -0.1) is 0 Å². The molecule has 3 N–H and O–H groups in total. The predicted octanol–water partition coefficient (Wildman–Crippen LogP) is 0.220. The number of nitrogens with zero attached hydrogens (tertiary/aromatic N) is 2. The number of carbonyl (C=O) groups excluding carboxylic acids is 3. The highest BCUT2D eigenvalue weighted by Gasteiger charge is 2.34.